The summed E-state index contributed by atoms with van der Waals surface area (Å²) in [6, 6.07) is 9.45. The molecule has 2 aromatic heterocycles. The molecular weight excluding hydrogens is 562 g/mol. The maximum absolute atomic E-state index is 15.1. The van der Waals surface area contributed by atoms with Gasteiger partial charge in [-0.25, -0.2) is 14.4 Å². The van der Waals surface area contributed by atoms with E-state index in [1.807, 2.05) is 20.0 Å². The summed E-state index contributed by atoms with van der Waals surface area (Å²) >= 11 is 0. The minimum absolute atomic E-state index is 0.111. The molecule has 228 valence electrons. The summed E-state index contributed by atoms with van der Waals surface area (Å²) in [5.74, 6) is -0.560. The number of rotatable bonds is 8. The largest absolute Gasteiger partial charge is 0.418 e. The molecule has 1 saturated heterocycles. The van der Waals surface area contributed by atoms with Crippen LogP contribution in [0.4, 0.5) is 34.8 Å². The molecule has 4 aromatic rings. The molecule has 43 heavy (non-hydrogen) atoms. The highest BCUT2D eigenvalue weighted by Crippen LogP contribution is 2.39. The van der Waals surface area contributed by atoms with Gasteiger partial charge in [-0.3, -0.25) is 4.79 Å². The van der Waals surface area contributed by atoms with Crippen molar-refractivity contribution in [3.63, 3.8) is 0 Å². The predicted octanol–water partition coefficient (Wildman–Crippen LogP) is 5.80. The van der Waals surface area contributed by atoms with Crippen molar-refractivity contribution in [2.45, 2.75) is 32.4 Å². The summed E-state index contributed by atoms with van der Waals surface area (Å²) < 4.78 is 57.7. The number of halogens is 4. The molecule has 0 radical (unpaired) electrons. The first kappa shape index (κ1) is 30.3. The molecule has 0 bridgehead atoms. The van der Waals surface area contributed by atoms with Crippen molar-refractivity contribution in [3.8, 4) is 0 Å². The lowest BCUT2D eigenvalue weighted by molar-refractivity contribution is -0.137. The number of hydrogen-bond acceptors (Lipinski definition) is 6. The first-order valence-electron chi connectivity index (χ1n) is 14.2. The second-order valence-corrected chi connectivity index (χ2v) is 11.2. The fourth-order valence-corrected chi connectivity index (χ4v) is 5.45. The molecule has 0 aliphatic carbocycles. The summed E-state index contributed by atoms with van der Waals surface area (Å²) in [4.78, 5) is 30.2. The van der Waals surface area contributed by atoms with Crippen molar-refractivity contribution >= 4 is 34.0 Å². The van der Waals surface area contributed by atoms with Crippen LogP contribution in [0, 0.1) is 12.7 Å². The predicted molar refractivity (Wildman–Crippen MR) is 160 cm³/mol. The standard InChI is InChI=1S/C31H35F4N7O/c1-19-16-22-24(38-19)10-8-20(28(22)32)6-5-7-25-27(30(43)40(2)3)29(37-18-36-25)39-21-9-11-26(23(17-21)31(33,34)35)42-14-12-41(4)13-15-42/h8-11,16-18,38H,5-7,12-15H2,1-4H3,(H,36,37,39). The van der Waals surface area contributed by atoms with Gasteiger partial charge in [0.1, 0.15) is 23.5 Å². The van der Waals surface area contributed by atoms with Crippen LogP contribution in [0.3, 0.4) is 0 Å². The number of H-pyrrole nitrogens is 1. The third-order valence-corrected chi connectivity index (χ3v) is 7.77. The van der Waals surface area contributed by atoms with Gasteiger partial charge in [-0.2, -0.15) is 13.2 Å². The smallest absolute Gasteiger partial charge is 0.368 e. The number of nitrogens with zero attached hydrogens (tertiary/aromatic N) is 5. The van der Waals surface area contributed by atoms with Crippen LogP contribution < -0.4 is 10.2 Å². The average Bonchev–Trinajstić information content (AvgIpc) is 3.35. The lowest BCUT2D eigenvalue weighted by atomic mass is 10.0. The minimum Gasteiger partial charge on any atom is -0.368 e. The molecule has 12 heteroatoms. The Bertz CT molecular complexity index is 1620. The summed E-state index contributed by atoms with van der Waals surface area (Å²) in [6.07, 6.45) is -2.05. The van der Waals surface area contributed by atoms with Crippen LogP contribution in [0.1, 0.15) is 39.3 Å². The van der Waals surface area contributed by atoms with Gasteiger partial charge in [0.25, 0.3) is 5.91 Å². The van der Waals surface area contributed by atoms with Crippen molar-refractivity contribution in [2.75, 3.05) is 57.5 Å². The molecule has 0 spiro atoms. The Morgan fingerprint density at radius 1 is 1.05 bits per heavy atom. The van der Waals surface area contributed by atoms with Crippen molar-refractivity contribution in [1.29, 1.82) is 0 Å². The van der Waals surface area contributed by atoms with E-state index in [1.54, 1.807) is 37.2 Å². The summed E-state index contributed by atoms with van der Waals surface area (Å²) in [6.45, 7) is 4.19. The molecule has 5 rings (SSSR count). The Labute approximate surface area is 247 Å². The molecule has 1 fully saturated rings. The summed E-state index contributed by atoms with van der Waals surface area (Å²) in [7, 11) is 5.11. The van der Waals surface area contributed by atoms with Gasteiger partial charge in [0.05, 0.1) is 11.3 Å². The Morgan fingerprint density at radius 3 is 2.49 bits per heavy atom. The van der Waals surface area contributed by atoms with E-state index in [0.717, 1.165) is 17.3 Å². The molecule has 1 aliphatic heterocycles. The maximum Gasteiger partial charge on any atom is 0.418 e. The minimum atomic E-state index is -4.58. The highest BCUT2D eigenvalue weighted by atomic mass is 19.4. The monoisotopic (exact) mass is 597 g/mol. The molecule has 2 aromatic carbocycles. The van der Waals surface area contributed by atoms with Gasteiger partial charge in [0.15, 0.2) is 0 Å². The highest BCUT2D eigenvalue weighted by Gasteiger charge is 2.36. The molecule has 0 atom stereocenters. The number of aryl methyl sites for hydroxylation is 3. The van der Waals surface area contributed by atoms with E-state index in [4.69, 9.17) is 0 Å². The molecule has 3 heterocycles. The van der Waals surface area contributed by atoms with Crippen molar-refractivity contribution in [3.05, 3.63) is 76.6 Å². The Kier molecular flexibility index (Phi) is 8.59. The van der Waals surface area contributed by atoms with E-state index in [-0.39, 0.29) is 28.6 Å². The van der Waals surface area contributed by atoms with Crippen LogP contribution in [-0.4, -0.2) is 78.0 Å². The number of hydrogen-bond donors (Lipinski definition) is 2. The average molecular weight is 598 g/mol. The summed E-state index contributed by atoms with van der Waals surface area (Å²) in [5, 5.41) is 3.48. The SMILES string of the molecule is Cc1cc2c(F)c(CCCc3ncnc(Nc4ccc(N5CCN(C)CC5)c(C(F)(F)F)c4)c3C(=O)N(C)C)ccc2[nH]1. The van der Waals surface area contributed by atoms with Crippen LogP contribution >= 0.6 is 0 Å². The van der Waals surface area contributed by atoms with Gasteiger partial charge in [0, 0.05) is 68.2 Å². The lowest BCUT2D eigenvalue weighted by Gasteiger charge is -2.35. The Morgan fingerprint density at radius 2 is 1.79 bits per heavy atom. The van der Waals surface area contributed by atoms with Gasteiger partial charge >= 0.3 is 6.18 Å². The van der Waals surface area contributed by atoms with Gasteiger partial charge in [-0.1, -0.05) is 6.07 Å². The van der Waals surface area contributed by atoms with E-state index in [2.05, 4.69) is 25.2 Å². The van der Waals surface area contributed by atoms with Crippen LogP contribution in [0.15, 0.2) is 42.7 Å². The number of aromatic amines is 1. The first-order valence-corrected chi connectivity index (χ1v) is 14.2. The number of amides is 1. The second-order valence-electron chi connectivity index (χ2n) is 11.2. The molecule has 0 unspecified atom stereocenters. The quantitative estimate of drug-likeness (QED) is 0.250. The number of anilines is 3. The Hall–Kier alpha value is -4.19. The number of carbonyl (C=O) groups excluding carboxylic acids is 1. The molecular formula is C31H35F4N7O. The van der Waals surface area contributed by atoms with Crippen molar-refractivity contribution in [1.82, 2.24) is 24.8 Å². The number of aromatic nitrogens is 3. The highest BCUT2D eigenvalue weighted by molar-refractivity contribution is 6.00. The zero-order chi connectivity index (χ0) is 30.9. The van der Waals surface area contributed by atoms with Crippen molar-refractivity contribution < 1.29 is 22.4 Å². The number of fused-ring (bicyclic) bond motifs is 1. The van der Waals surface area contributed by atoms with E-state index in [9.17, 15) is 18.0 Å². The van der Waals surface area contributed by atoms with Gasteiger partial charge in [-0.15, -0.1) is 0 Å². The zero-order valence-corrected chi connectivity index (χ0v) is 24.6. The number of carbonyl (C=O) groups is 1. The number of piperazine rings is 1. The fraction of sp³-hybridized carbons (Fsp3) is 0.387. The molecule has 2 N–H and O–H groups in total. The van der Waals surface area contributed by atoms with Crippen LogP contribution in [-0.2, 0) is 19.0 Å². The van der Waals surface area contributed by atoms with E-state index in [0.29, 0.717) is 62.1 Å². The number of alkyl halides is 3. The topological polar surface area (TPSA) is 80.4 Å². The second kappa shape index (κ2) is 12.2. The van der Waals surface area contributed by atoms with Crippen LogP contribution in [0.2, 0.25) is 0 Å². The van der Waals surface area contributed by atoms with Crippen molar-refractivity contribution in [2.24, 2.45) is 0 Å². The van der Waals surface area contributed by atoms with E-state index < -0.39 is 17.6 Å². The molecule has 1 amide bonds. The molecule has 8 nitrogen and oxygen atoms in total. The van der Waals surface area contributed by atoms with Crippen LogP contribution in [0.5, 0.6) is 0 Å². The van der Waals surface area contributed by atoms with E-state index in [1.165, 1.54) is 17.3 Å². The number of nitrogens with one attached hydrogen (secondary N) is 2. The van der Waals surface area contributed by atoms with Gasteiger partial charge < -0.3 is 25.0 Å². The first-order chi connectivity index (χ1) is 20.4. The Balaban J connectivity index is 1.41. The van der Waals surface area contributed by atoms with Gasteiger partial charge in [-0.05, 0) is 69.1 Å². The molecule has 0 saturated carbocycles. The third-order valence-electron chi connectivity index (χ3n) is 7.77. The lowest BCUT2D eigenvalue weighted by Crippen LogP contribution is -2.45. The van der Waals surface area contributed by atoms with E-state index >= 15 is 4.39 Å². The third kappa shape index (κ3) is 6.58. The fourth-order valence-electron chi connectivity index (χ4n) is 5.45. The summed E-state index contributed by atoms with van der Waals surface area (Å²) in [5.41, 5.74) is 2.28. The molecule has 1 aliphatic rings. The van der Waals surface area contributed by atoms with Gasteiger partial charge in [0.2, 0.25) is 0 Å². The number of likely N-dealkylation sites (N-methyl/N-ethyl adjacent to an activating group) is 1. The normalized spacial score (nSPS) is 14.4. The zero-order valence-electron chi connectivity index (χ0n) is 24.6. The van der Waals surface area contributed by atoms with Crippen LogP contribution in [0.25, 0.3) is 10.9 Å². The maximum atomic E-state index is 15.1. The number of benzene rings is 2.